The molecule has 1 aromatic heterocycles. The van der Waals surface area contributed by atoms with Gasteiger partial charge in [-0.25, -0.2) is 0 Å². The molecule has 1 unspecified atom stereocenters. The van der Waals surface area contributed by atoms with Crippen LogP contribution in [0.5, 0.6) is 11.5 Å². The lowest BCUT2D eigenvalue weighted by Gasteiger charge is -2.13. The Kier molecular flexibility index (Phi) is 3.55. The number of aromatic nitrogens is 2. The highest BCUT2D eigenvalue weighted by Crippen LogP contribution is 2.32. The summed E-state index contributed by atoms with van der Waals surface area (Å²) >= 11 is 1.05. The minimum Gasteiger partial charge on any atom is -0.497 e. The summed E-state index contributed by atoms with van der Waals surface area (Å²) in [6.45, 7) is 0. The number of aliphatic hydroxyl groups excluding tert-OH is 1. The van der Waals surface area contributed by atoms with Gasteiger partial charge in [0.25, 0.3) is 0 Å². The number of methoxy groups -OCH3 is 2. The summed E-state index contributed by atoms with van der Waals surface area (Å²) in [6.07, 6.45) is 0.674. The summed E-state index contributed by atoms with van der Waals surface area (Å²) in [5.74, 6) is 1.24. The Bertz CT molecular complexity index is 487. The Morgan fingerprint density at radius 3 is 2.71 bits per heavy atom. The van der Waals surface area contributed by atoms with E-state index in [9.17, 15) is 5.11 Å². The van der Waals surface area contributed by atoms with Gasteiger partial charge in [0.05, 0.1) is 32.1 Å². The summed E-state index contributed by atoms with van der Waals surface area (Å²) in [6, 6.07) is 5.24. The molecule has 1 N–H and O–H groups in total. The molecule has 2 rings (SSSR count). The van der Waals surface area contributed by atoms with Crippen LogP contribution in [0.15, 0.2) is 24.4 Å². The first-order chi connectivity index (χ1) is 8.26. The van der Waals surface area contributed by atoms with Crippen molar-refractivity contribution >= 4 is 11.7 Å². The van der Waals surface area contributed by atoms with Gasteiger partial charge in [0.15, 0.2) is 0 Å². The average Bonchev–Trinajstić information content (AvgIpc) is 2.91. The lowest BCUT2D eigenvalue weighted by molar-refractivity contribution is 0.210. The molecule has 0 saturated heterocycles. The quantitative estimate of drug-likeness (QED) is 0.896. The van der Waals surface area contributed by atoms with E-state index in [1.165, 1.54) is 6.20 Å². The van der Waals surface area contributed by atoms with E-state index in [-0.39, 0.29) is 0 Å². The molecule has 0 bridgehead atoms. The van der Waals surface area contributed by atoms with Crippen molar-refractivity contribution in [2.75, 3.05) is 14.2 Å². The molecule has 6 heteroatoms. The lowest BCUT2D eigenvalue weighted by atomic mass is 10.1. The highest BCUT2D eigenvalue weighted by molar-refractivity contribution is 6.99. The number of hydrogen-bond donors (Lipinski definition) is 1. The lowest BCUT2D eigenvalue weighted by Crippen LogP contribution is -2.03. The van der Waals surface area contributed by atoms with Crippen LogP contribution >= 0.6 is 11.7 Å². The van der Waals surface area contributed by atoms with Gasteiger partial charge in [-0.15, -0.1) is 0 Å². The van der Waals surface area contributed by atoms with E-state index in [0.717, 1.165) is 11.7 Å². The Balaban J connectivity index is 2.41. The summed E-state index contributed by atoms with van der Waals surface area (Å²) in [4.78, 5) is 0. The van der Waals surface area contributed by atoms with Gasteiger partial charge in [0.1, 0.15) is 23.3 Å². The van der Waals surface area contributed by atoms with Crippen molar-refractivity contribution in [1.82, 2.24) is 8.75 Å². The van der Waals surface area contributed by atoms with Crippen LogP contribution in [-0.2, 0) is 0 Å². The molecule has 0 aliphatic heterocycles. The first-order valence-electron chi connectivity index (χ1n) is 4.93. The second-order valence-electron chi connectivity index (χ2n) is 3.34. The van der Waals surface area contributed by atoms with Crippen molar-refractivity contribution in [3.05, 3.63) is 35.7 Å². The molecule has 0 fully saturated rings. The van der Waals surface area contributed by atoms with E-state index < -0.39 is 6.10 Å². The fraction of sp³-hybridized carbons (Fsp3) is 0.273. The number of rotatable bonds is 4. The van der Waals surface area contributed by atoms with Crippen LogP contribution in [0.2, 0.25) is 0 Å². The number of hydrogen-bond acceptors (Lipinski definition) is 6. The zero-order valence-corrected chi connectivity index (χ0v) is 10.3. The molecule has 1 atom stereocenters. The van der Waals surface area contributed by atoms with Crippen molar-refractivity contribution in [2.24, 2.45) is 0 Å². The van der Waals surface area contributed by atoms with Crippen LogP contribution in [0.1, 0.15) is 17.4 Å². The molecule has 2 aromatic rings. The predicted molar refractivity (Wildman–Crippen MR) is 63.5 cm³/mol. The number of nitrogens with zero attached hydrogens (tertiary/aromatic N) is 2. The van der Waals surface area contributed by atoms with E-state index in [0.29, 0.717) is 22.8 Å². The van der Waals surface area contributed by atoms with E-state index in [1.807, 2.05) is 0 Å². The summed E-state index contributed by atoms with van der Waals surface area (Å²) in [5.41, 5.74) is 1.11. The maximum absolute atomic E-state index is 10.2. The molecule has 1 aromatic carbocycles. The third-order valence-electron chi connectivity index (χ3n) is 2.39. The van der Waals surface area contributed by atoms with Gasteiger partial charge >= 0.3 is 0 Å². The Morgan fingerprint density at radius 2 is 2.12 bits per heavy atom. The average molecular weight is 252 g/mol. The van der Waals surface area contributed by atoms with E-state index >= 15 is 0 Å². The van der Waals surface area contributed by atoms with Crippen molar-refractivity contribution in [3.8, 4) is 11.5 Å². The molecular weight excluding hydrogens is 240 g/mol. The van der Waals surface area contributed by atoms with Crippen molar-refractivity contribution in [2.45, 2.75) is 6.10 Å². The minimum atomic E-state index is -0.862. The maximum atomic E-state index is 10.2. The normalized spacial score (nSPS) is 12.2. The predicted octanol–water partition coefficient (Wildman–Crippen LogP) is 1.64. The molecule has 1 heterocycles. The number of aliphatic hydroxyl groups is 1. The second kappa shape index (κ2) is 5.11. The van der Waals surface area contributed by atoms with Crippen molar-refractivity contribution in [1.29, 1.82) is 0 Å². The SMILES string of the molecule is COc1ccc(OC)c(C(O)c2cnsn2)c1. The third kappa shape index (κ3) is 2.37. The van der Waals surface area contributed by atoms with Crippen LogP contribution in [0.25, 0.3) is 0 Å². The van der Waals surface area contributed by atoms with Gasteiger partial charge in [0.2, 0.25) is 0 Å². The number of benzene rings is 1. The number of ether oxygens (including phenoxy) is 2. The van der Waals surface area contributed by atoms with Gasteiger partial charge in [-0.05, 0) is 18.2 Å². The molecule has 0 amide bonds. The molecule has 0 aliphatic carbocycles. The van der Waals surface area contributed by atoms with E-state index in [4.69, 9.17) is 9.47 Å². The smallest absolute Gasteiger partial charge is 0.127 e. The largest absolute Gasteiger partial charge is 0.497 e. The van der Waals surface area contributed by atoms with E-state index in [1.54, 1.807) is 32.4 Å². The van der Waals surface area contributed by atoms with Crippen molar-refractivity contribution < 1.29 is 14.6 Å². The maximum Gasteiger partial charge on any atom is 0.127 e. The molecule has 0 saturated carbocycles. The fourth-order valence-corrected chi connectivity index (χ4v) is 1.95. The Hall–Kier alpha value is -1.66. The highest BCUT2D eigenvalue weighted by atomic mass is 32.1. The van der Waals surface area contributed by atoms with Crippen LogP contribution in [0.3, 0.4) is 0 Å². The summed E-state index contributed by atoms with van der Waals surface area (Å²) < 4.78 is 18.2. The first-order valence-corrected chi connectivity index (χ1v) is 5.66. The monoisotopic (exact) mass is 252 g/mol. The van der Waals surface area contributed by atoms with Crippen LogP contribution < -0.4 is 9.47 Å². The van der Waals surface area contributed by atoms with Gasteiger partial charge in [0, 0.05) is 5.56 Å². The summed E-state index contributed by atoms with van der Waals surface area (Å²) in [5, 5.41) is 10.2. The Morgan fingerprint density at radius 1 is 1.29 bits per heavy atom. The van der Waals surface area contributed by atoms with Crippen LogP contribution in [0.4, 0.5) is 0 Å². The van der Waals surface area contributed by atoms with E-state index in [2.05, 4.69) is 8.75 Å². The fourth-order valence-electron chi connectivity index (χ4n) is 1.50. The zero-order valence-electron chi connectivity index (χ0n) is 9.45. The highest BCUT2D eigenvalue weighted by Gasteiger charge is 2.18. The van der Waals surface area contributed by atoms with Gasteiger partial charge in [-0.3, -0.25) is 0 Å². The minimum absolute atomic E-state index is 0.501. The van der Waals surface area contributed by atoms with Crippen molar-refractivity contribution in [3.63, 3.8) is 0 Å². The molecular formula is C11H12N2O3S. The molecule has 17 heavy (non-hydrogen) atoms. The first kappa shape index (κ1) is 11.8. The van der Waals surface area contributed by atoms with Gasteiger partial charge in [-0.1, -0.05) is 0 Å². The topological polar surface area (TPSA) is 64.5 Å². The van der Waals surface area contributed by atoms with Gasteiger partial charge < -0.3 is 14.6 Å². The third-order valence-corrected chi connectivity index (χ3v) is 2.88. The molecule has 0 spiro atoms. The molecule has 90 valence electrons. The molecule has 0 aliphatic rings. The molecule has 0 radical (unpaired) electrons. The van der Waals surface area contributed by atoms with Gasteiger partial charge in [-0.2, -0.15) is 8.75 Å². The standard InChI is InChI=1S/C11H12N2O3S/c1-15-7-3-4-10(16-2)8(5-7)11(14)9-6-12-17-13-9/h3-6,11,14H,1-2H3. The second-order valence-corrected chi connectivity index (χ2v) is 3.90. The molecule has 5 nitrogen and oxygen atoms in total. The van der Waals surface area contributed by atoms with Crippen LogP contribution in [-0.4, -0.2) is 28.1 Å². The Labute approximate surface area is 103 Å². The van der Waals surface area contributed by atoms with Crippen LogP contribution in [0, 0.1) is 0 Å². The zero-order chi connectivity index (χ0) is 12.3. The summed E-state index contributed by atoms with van der Waals surface area (Å²) in [7, 11) is 3.12.